The minimum atomic E-state index is -0.641. The van der Waals surface area contributed by atoms with Crippen molar-refractivity contribution in [3.05, 3.63) is 36.5 Å². The van der Waals surface area contributed by atoms with E-state index in [9.17, 15) is 9.90 Å². The Kier molecular flexibility index (Phi) is 5.68. The van der Waals surface area contributed by atoms with E-state index in [1.807, 2.05) is 6.08 Å². The number of carbonyl (C=O) groups excluding carboxylic acids is 1. The van der Waals surface area contributed by atoms with E-state index in [0.29, 0.717) is 18.3 Å². The first kappa shape index (κ1) is 20.0. The first-order chi connectivity index (χ1) is 11.5. The van der Waals surface area contributed by atoms with Crippen molar-refractivity contribution >= 4 is 5.97 Å². The van der Waals surface area contributed by atoms with E-state index in [4.69, 9.17) is 4.74 Å². The van der Waals surface area contributed by atoms with E-state index in [2.05, 4.69) is 46.9 Å². The Bertz CT molecular complexity index is 586. The summed E-state index contributed by atoms with van der Waals surface area (Å²) in [7, 11) is 0. The van der Waals surface area contributed by atoms with Gasteiger partial charge >= 0.3 is 5.97 Å². The number of aliphatic hydroxyl groups is 1. The lowest BCUT2D eigenvalue weighted by molar-refractivity contribution is -0.203. The van der Waals surface area contributed by atoms with Crippen LogP contribution in [0, 0.1) is 22.7 Å². The highest BCUT2D eigenvalue weighted by atomic mass is 16.6. The van der Waals surface area contributed by atoms with Gasteiger partial charge in [0, 0.05) is 12.3 Å². The molecule has 0 heterocycles. The molecular formula is C22H34O3. The first-order valence-corrected chi connectivity index (χ1v) is 9.36. The highest BCUT2D eigenvalue weighted by molar-refractivity contribution is 5.66. The number of rotatable bonds is 4. The number of carbonyl (C=O) groups is 1. The second kappa shape index (κ2) is 7.11. The smallest absolute Gasteiger partial charge is 0.303 e. The number of hydrogen-bond acceptors (Lipinski definition) is 3. The molecule has 2 aliphatic rings. The zero-order chi connectivity index (χ0) is 19.0. The molecule has 0 aromatic rings. The van der Waals surface area contributed by atoms with Gasteiger partial charge in [0.05, 0.1) is 6.10 Å². The van der Waals surface area contributed by atoms with Gasteiger partial charge in [-0.3, -0.25) is 4.79 Å². The fourth-order valence-electron chi connectivity index (χ4n) is 5.53. The maximum Gasteiger partial charge on any atom is 0.303 e. The summed E-state index contributed by atoms with van der Waals surface area (Å²) >= 11 is 0. The molecule has 0 amide bonds. The SMILES string of the molecule is C=C/C(C)=C/C[C@H]1C(=C)CC[C@H]2C(C)(C)C(OC(C)=O)C(O)C[C@]12C. The standard InChI is InChI=1S/C22H34O3/c1-8-14(2)9-11-17-15(3)10-12-19-21(5,6)20(25-16(4)23)18(24)13-22(17,19)7/h8-9,17-20,24H,1,3,10-13H2,2,4-7H3/b14-9+/t17-,18?,19-,20?,22+/m0/s1. The van der Waals surface area contributed by atoms with Crippen molar-refractivity contribution in [2.75, 3.05) is 0 Å². The lowest BCUT2D eigenvalue weighted by atomic mass is 9.46. The third-order valence-electron chi connectivity index (χ3n) is 6.76. The molecule has 0 aliphatic heterocycles. The van der Waals surface area contributed by atoms with E-state index >= 15 is 0 Å². The molecule has 0 radical (unpaired) electrons. The third-order valence-corrected chi connectivity index (χ3v) is 6.76. The second-order valence-corrected chi connectivity index (χ2v) is 8.82. The summed E-state index contributed by atoms with van der Waals surface area (Å²) in [6.45, 7) is 18.2. The van der Waals surface area contributed by atoms with Crippen LogP contribution >= 0.6 is 0 Å². The van der Waals surface area contributed by atoms with Crippen LogP contribution in [0.1, 0.15) is 60.3 Å². The normalized spacial score (nSPS) is 38.0. The van der Waals surface area contributed by atoms with Crippen molar-refractivity contribution in [3.8, 4) is 0 Å². The van der Waals surface area contributed by atoms with Crippen LogP contribution in [0.2, 0.25) is 0 Å². The summed E-state index contributed by atoms with van der Waals surface area (Å²) in [5, 5.41) is 10.8. The molecule has 0 aromatic carbocycles. The molecule has 0 bridgehead atoms. The van der Waals surface area contributed by atoms with Gasteiger partial charge < -0.3 is 9.84 Å². The minimum absolute atomic E-state index is 0.0488. The Balaban J connectivity index is 2.38. The molecule has 140 valence electrons. The van der Waals surface area contributed by atoms with Gasteiger partial charge in [0.2, 0.25) is 0 Å². The Hall–Kier alpha value is -1.35. The van der Waals surface area contributed by atoms with Crippen LogP contribution in [0.25, 0.3) is 0 Å². The van der Waals surface area contributed by atoms with Gasteiger partial charge in [-0.1, -0.05) is 57.2 Å². The van der Waals surface area contributed by atoms with Crippen LogP contribution < -0.4 is 0 Å². The molecule has 2 rings (SSSR count). The summed E-state index contributed by atoms with van der Waals surface area (Å²) < 4.78 is 5.55. The average molecular weight is 347 g/mol. The van der Waals surface area contributed by atoms with Gasteiger partial charge in [-0.25, -0.2) is 0 Å². The molecule has 2 unspecified atom stereocenters. The van der Waals surface area contributed by atoms with Gasteiger partial charge in [-0.2, -0.15) is 0 Å². The van der Waals surface area contributed by atoms with Gasteiger partial charge in [-0.05, 0) is 49.9 Å². The molecule has 2 aliphatic carbocycles. The summed E-state index contributed by atoms with van der Waals surface area (Å²) in [4.78, 5) is 11.5. The average Bonchev–Trinajstić information content (AvgIpc) is 2.49. The van der Waals surface area contributed by atoms with Crippen molar-refractivity contribution in [3.63, 3.8) is 0 Å². The van der Waals surface area contributed by atoms with E-state index in [1.165, 1.54) is 18.1 Å². The number of fused-ring (bicyclic) bond motifs is 1. The largest absolute Gasteiger partial charge is 0.459 e. The maximum atomic E-state index is 11.5. The van der Waals surface area contributed by atoms with Crippen molar-refractivity contribution in [1.82, 2.24) is 0 Å². The monoisotopic (exact) mass is 346 g/mol. The zero-order valence-electron chi connectivity index (χ0n) is 16.5. The fourth-order valence-corrected chi connectivity index (χ4v) is 5.53. The van der Waals surface area contributed by atoms with E-state index in [1.54, 1.807) is 0 Å². The van der Waals surface area contributed by atoms with E-state index < -0.39 is 12.2 Å². The molecule has 3 nitrogen and oxygen atoms in total. The van der Waals surface area contributed by atoms with Crippen LogP contribution in [0.15, 0.2) is 36.5 Å². The molecule has 1 N–H and O–H groups in total. The maximum absolute atomic E-state index is 11.5. The Morgan fingerprint density at radius 2 is 2.00 bits per heavy atom. The Morgan fingerprint density at radius 1 is 1.36 bits per heavy atom. The van der Waals surface area contributed by atoms with Gasteiger partial charge in [0.15, 0.2) is 0 Å². The van der Waals surface area contributed by atoms with Crippen molar-refractivity contribution < 1.29 is 14.6 Å². The highest BCUT2D eigenvalue weighted by Gasteiger charge is 2.59. The Labute approximate surface area is 152 Å². The number of allylic oxidation sites excluding steroid dienone is 4. The van der Waals surface area contributed by atoms with E-state index in [0.717, 1.165) is 19.3 Å². The number of esters is 1. The third kappa shape index (κ3) is 3.62. The van der Waals surface area contributed by atoms with Crippen LogP contribution in [-0.4, -0.2) is 23.3 Å². The highest BCUT2D eigenvalue weighted by Crippen LogP contribution is 2.62. The summed E-state index contributed by atoms with van der Waals surface area (Å²) in [6.07, 6.45) is 6.62. The number of aliphatic hydroxyl groups excluding tert-OH is 1. The quantitative estimate of drug-likeness (QED) is 0.451. The lowest BCUT2D eigenvalue weighted by Gasteiger charge is -2.61. The lowest BCUT2D eigenvalue weighted by Crippen LogP contribution is -2.61. The molecule has 0 aromatic heterocycles. The predicted molar refractivity (Wildman–Crippen MR) is 102 cm³/mol. The predicted octanol–water partition coefficient (Wildman–Crippen LogP) is 4.82. The minimum Gasteiger partial charge on any atom is -0.459 e. The molecule has 2 saturated carbocycles. The van der Waals surface area contributed by atoms with Gasteiger partial charge in [0.1, 0.15) is 6.10 Å². The van der Waals surface area contributed by atoms with Crippen molar-refractivity contribution in [1.29, 1.82) is 0 Å². The van der Waals surface area contributed by atoms with Crippen molar-refractivity contribution in [2.45, 2.75) is 72.5 Å². The van der Waals surface area contributed by atoms with Gasteiger partial charge in [0.25, 0.3) is 0 Å². The zero-order valence-corrected chi connectivity index (χ0v) is 16.5. The molecular weight excluding hydrogens is 312 g/mol. The summed E-state index contributed by atoms with van der Waals surface area (Å²) in [5.41, 5.74) is 2.13. The Morgan fingerprint density at radius 3 is 2.56 bits per heavy atom. The molecule has 0 spiro atoms. The molecule has 0 saturated heterocycles. The number of ether oxygens (including phenoxy) is 1. The van der Waals surface area contributed by atoms with Crippen molar-refractivity contribution in [2.24, 2.45) is 22.7 Å². The molecule has 2 fully saturated rings. The van der Waals surface area contributed by atoms with Crippen LogP contribution in [0.5, 0.6) is 0 Å². The topological polar surface area (TPSA) is 46.5 Å². The summed E-state index contributed by atoms with van der Waals surface area (Å²) in [6, 6.07) is 0. The van der Waals surface area contributed by atoms with Crippen LogP contribution in [0.4, 0.5) is 0 Å². The fraction of sp³-hybridized carbons (Fsp3) is 0.682. The first-order valence-electron chi connectivity index (χ1n) is 9.36. The van der Waals surface area contributed by atoms with E-state index in [-0.39, 0.29) is 16.8 Å². The second-order valence-electron chi connectivity index (χ2n) is 8.82. The molecule has 3 heteroatoms. The van der Waals surface area contributed by atoms with Crippen LogP contribution in [0.3, 0.4) is 0 Å². The summed E-state index contributed by atoms with van der Waals surface area (Å²) in [5.74, 6) is 0.385. The molecule has 25 heavy (non-hydrogen) atoms. The molecule has 5 atom stereocenters. The van der Waals surface area contributed by atoms with Gasteiger partial charge in [-0.15, -0.1) is 0 Å². The van der Waals surface area contributed by atoms with Crippen LogP contribution in [-0.2, 0) is 9.53 Å². The number of hydrogen-bond donors (Lipinski definition) is 1.